The minimum atomic E-state index is -0.601. The summed E-state index contributed by atoms with van der Waals surface area (Å²) in [5.74, 6) is 0.0291. The van der Waals surface area contributed by atoms with Gasteiger partial charge < -0.3 is 10.2 Å². The molecule has 1 fully saturated rings. The van der Waals surface area contributed by atoms with E-state index < -0.39 is 12.1 Å². The highest BCUT2D eigenvalue weighted by Gasteiger charge is 2.30. The summed E-state index contributed by atoms with van der Waals surface area (Å²) >= 11 is 1.65. The lowest BCUT2D eigenvalue weighted by Gasteiger charge is -2.25. The van der Waals surface area contributed by atoms with Gasteiger partial charge in [0.05, 0.1) is 6.54 Å². The molecule has 2 rings (SSSR count). The molecule has 1 atom stereocenters. The number of nitrogens with one attached hydrogen (secondary N) is 2. The number of carbonyl (C=O) groups is 3. The van der Waals surface area contributed by atoms with Gasteiger partial charge in [0.1, 0.15) is 6.04 Å². The van der Waals surface area contributed by atoms with Crippen LogP contribution in [0.1, 0.15) is 37.1 Å². The third kappa shape index (κ3) is 4.79. The average molecular weight is 337 g/mol. The molecule has 2 heterocycles. The third-order valence-electron chi connectivity index (χ3n) is 3.75. The van der Waals surface area contributed by atoms with Gasteiger partial charge in [-0.05, 0) is 36.3 Å². The molecular formula is C16H23N3O3S. The zero-order chi connectivity index (χ0) is 17.0. The average Bonchev–Trinajstić information content (AvgIpc) is 3.00. The molecule has 1 aliphatic heterocycles. The maximum Gasteiger partial charge on any atom is 0.322 e. The van der Waals surface area contributed by atoms with Gasteiger partial charge in [-0.15, -0.1) is 11.3 Å². The van der Waals surface area contributed by atoms with Crippen molar-refractivity contribution in [2.24, 2.45) is 5.92 Å². The molecular weight excluding hydrogens is 314 g/mol. The van der Waals surface area contributed by atoms with Crippen molar-refractivity contribution >= 4 is 29.2 Å². The Bertz CT molecular complexity index is 597. The summed E-state index contributed by atoms with van der Waals surface area (Å²) in [6.07, 6.45) is 0.573. The number of urea groups is 1. The van der Waals surface area contributed by atoms with Crippen molar-refractivity contribution in [3.8, 4) is 0 Å². The van der Waals surface area contributed by atoms with E-state index in [-0.39, 0.29) is 18.2 Å². The van der Waals surface area contributed by atoms with E-state index in [1.54, 1.807) is 11.3 Å². The molecule has 7 heteroatoms. The van der Waals surface area contributed by atoms with Gasteiger partial charge in [0.25, 0.3) is 5.91 Å². The largest absolute Gasteiger partial charge is 0.337 e. The summed E-state index contributed by atoms with van der Waals surface area (Å²) in [7, 11) is 0. The predicted molar refractivity (Wildman–Crippen MR) is 89.0 cm³/mol. The summed E-state index contributed by atoms with van der Waals surface area (Å²) in [4.78, 5) is 38.2. The van der Waals surface area contributed by atoms with Gasteiger partial charge in [0.2, 0.25) is 5.91 Å². The molecule has 0 bridgehead atoms. The van der Waals surface area contributed by atoms with Crippen LogP contribution in [0.25, 0.3) is 0 Å². The molecule has 126 valence electrons. The smallest absolute Gasteiger partial charge is 0.322 e. The van der Waals surface area contributed by atoms with E-state index in [2.05, 4.69) is 30.5 Å². The minimum absolute atomic E-state index is 0.0143. The van der Waals surface area contributed by atoms with E-state index in [0.717, 1.165) is 0 Å². The highest BCUT2D eigenvalue weighted by Crippen LogP contribution is 2.19. The van der Waals surface area contributed by atoms with Crippen molar-refractivity contribution in [3.63, 3.8) is 0 Å². The molecule has 0 spiro atoms. The molecule has 0 saturated carbocycles. The lowest BCUT2D eigenvalue weighted by Crippen LogP contribution is -2.36. The van der Waals surface area contributed by atoms with E-state index in [1.165, 1.54) is 10.4 Å². The monoisotopic (exact) mass is 337 g/mol. The van der Waals surface area contributed by atoms with Crippen molar-refractivity contribution in [3.05, 3.63) is 21.9 Å². The van der Waals surface area contributed by atoms with Crippen molar-refractivity contribution in [1.29, 1.82) is 0 Å². The first kappa shape index (κ1) is 17.5. The molecule has 23 heavy (non-hydrogen) atoms. The summed E-state index contributed by atoms with van der Waals surface area (Å²) in [6.45, 7) is 7.48. The Hall–Kier alpha value is -1.89. The number of thiophene rings is 1. The summed E-state index contributed by atoms with van der Waals surface area (Å²) in [5, 5.41) is 6.74. The second-order valence-electron chi connectivity index (χ2n) is 6.25. The molecule has 6 nitrogen and oxygen atoms in total. The lowest BCUT2D eigenvalue weighted by molar-refractivity contribution is -0.132. The quantitative estimate of drug-likeness (QED) is 0.747. The standard InChI is InChI=1S/C16H23N3O3S/c1-10(2)8-19(9-13-11(3)6-7-23-13)14(20)5-4-12-15(21)18-16(22)17-12/h6-7,10,12H,4-5,8-9H2,1-3H3,(H2,17,18,21,22)/t12-/m0/s1. The van der Waals surface area contributed by atoms with Crippen molar-refractivity contribution in [2.45, 2.75) is 46.2 Å². The van der Waals surface area contributed by atoms with E-state index in [0.29, 0.717) is 25.4 Å². The molecule has 2 N–H and O–H groups in total. The third-order valence-corrected chi connectivity index (χ3v) is 4.75. The van der Waals surface area contributed by atoms with Crippen LogP contribution in [-0.4, -0.2) is 35.3 Å². The van der Waals surface area contributed by atoms with Gasteiger partial charge in [-0.3, -0.25) is 14.9 Å². The number of amides is 4. The van der Waals surface area contributed by atoms with Crippen molar-refractivity contribution in [2.75, 3.05) is 6.54 Å². The Morgan fingerprint density at radius 2 is 2.13 bits per heavy atom. The van der Waals surface area contributed by atoms with Crippen LogP contribution in [0.5, 0.6) is 0 Å². The van der Waals surface area contributed by atoms with Crippen LogP contribution >= 0.6 is 11.3 Å². The first-order chi connectivity index (χ1) is 10.9. The molecule has 1 aromatic heterocycles. The van der Waals surface area contributed by atoms with Gasteiger partial charge in [-0.25, -0.2) is 4.79 Å². The number of carbonyl (C=O) groups excluding carboxylic acids is 3. The Morgan fingerprint density at radius 1 is 1.39 bits per heavy atom. The normalized spacial score (nSPS) is 17.3. The Morgan fingerprint density at radius 3 is 2.65 bits per heavy atom. The number of imide groups is 1. The molecule has 4 amide bonds. The van der Waals surface area contributed by atoms with Gasteiger partial charge >= 0.3 is 6.03 Å². The van der Waals surface area contributed by atoms with Crippen molar-refractivity contribution in [1.82, 2.24) is 15.5 Å². The first-order valence-corrected chi connectivity index (χ1v) is 8.67. The molecule has 1 aliphatic rings. The fourth-order valence-electron chi connectivity index (χ4n) is 2.52. The summed E-state index contributed by atoms with van der Waals surface area (Å²) in [6, 6.07) is 0.965. The lowest BCUT2D eigenvalue weighted by atomic mass is 10.1. The van der Waals surface area contributed by atoms with Crippen LogP contribution in [0.4, 0.5) is 4.79 Å². The SMILES string of the molecule is Cc1ccsc1CN(CC(C)C)C(=O)CC[C@@H]1NC(=O)NC1=O. The van der Waals surface area contributed by atoms with Crippen LogP contribution in [0, 0.1) is 12.8 Å². The number of aryl methyl sites for hydroxylation is 1. The predicted octanol–water partition coefficient (Wildman–Crippen LogP) is 2.03. The maximum absolute atomic E-state index is 12.5. The van der Waals surface area contributed by atoms with Crippen LogP contribution in [0.15, 0.2) is 11.4 Å². The fraction of sp³-hybridized carbons (Fsp3) is 0.562. The molecule has 0 radical (unpaired) electrons. The molecule has 1 aromatic rings. The Labute approximate surface area is 140 Å². The second-order valence-corrected chi connectivity index (χ2v) is 7.25. The number of rotatable bonds is 7. The highest BCUT2D eigenvalue weighted by atomic mass is 32.1. The molecule has 0 unspecified atom stereocenters. The topological polar surface area (TPSA) is 78.5 Å². The van der Waals surface area contributed by atoms with Gasteiger partial charge in [-0.2, -0.15) is 0 Å². The van der Waals surface area contributed by atoms with Crippen LogP contribution < -0.4 is 10.6 Å². The molecule has 0 aliphatic carbocycles. The zero-order valence-electron chi connectivity index (χ0n) is 13.7. The Kier molecular flexibility index (Phi) is 5.76. The highest BCUT2D eigenvalue weighted by molar-refractivity contribution is 7.10. The van der Waals surface area contributed by atoms with Crippen molar-refractivity contribution < 1.29 is 14.4 Å². The van der Waals surface area contributed by atoms with Crippen LogP contribution in [-0.2, 0) is 16.1 Å². The number of nitrogens with zero attached hydrogens (tertiary/aromatic N) is 1. The molecule has 1 saturated heterocycles. The van der Waals surface area contributed by atoms with Gasteiger partial charge in [0.15, 0.2) is 0 Å². The van der Waals surface area contributed by atoms with Gasteiger partial charge in [0, 0.05) is 17.8 Å². The zero-order valence-corrected chi connectivity index (χ0v) is 14.5. The van der Waals surface area contributed by atoms with E-state index in [4.69, 9.17) is 0 Å². The van der Waals surface area contributed by atoms with Gasteiger partial charge in [-0.1, -0.05) is 13.8 Å². The first-order valence-electron chi connectivity index (χ1n) is 7.79. The molecule has 0 aromatic carbocycles. The summed E-state index contributed by atoms with van der Waals surface area (Å²) < 4.78 is 0. The number of hydrogen-bond donors (Lipinski definition) is 2. The van der Waals surface area contributed by atoms with E-state index in [1.807, 2.05) is 17.2 Å². The maximum atomic E-state index is 12.5. The van der Waals surface area contributed by atoms with E-state index in [9.17, 15) is 14.4 Å². The second kappa shape index (κ2) is 7.59. The minimum Gasteiger partial charge on any atom is -0.337 e. The number of hydrogen-bond acceptors (Lipinski definition) is 4. The van der Waals surface area contributed by atoms with Crippen LogP contribution in [0.3, 0.4) is 0 Å². The summed E-state index contributed by atoms with van der Waals surface area (Å²) in [5.41, 5.74) is 1.19. The van der Waals surface area contributed by atoms with E-state index >= 15 is 0 Å². The Balaban J connectivity index is 1.95. The fourth-order valence-corrected chi connectivity index (χ4v) is 3.44. The van der Waals surface area contributed by atoms with Crippen LogP contribution in [0.2, 0.25) is 0 Å².